The molecule has 294 valence electrons. The molecule has 0 amide bonds. The summed E-state index contributed by atoms with van der Waals surface area (Å²) in [7, 11) is 1.09. The molecule has 5 atom stereocenters. The molecule has 0 N–H and O–H groups in total. The number of carbonyl (C=O) groups is 4. The number of carbonyl (C=O) groups excluding carboxylic acids is 4. The first-order chi connectivity index (χ1) is 27.2. The predicted molar refractivity (Wildman–Crippen MR) is 186 cm³/mol. The minimum atomic E-state index is -1.90. The van der Waals surface area contributed by atoms with E-state index in [4.69, 9.17) is 28.4 Å². The molecule has 22 heteroatoms. The van der Waals surface area contributed by atoms with Crippen LogP contribution in [0.25, 0.3) is 0 Å². The van der Waals surface area contributed by atoms with Crippen molar-refractivity contribution in [3.8, 4) is 0 Å². The average Bonchev–Trinajstić information content (AvgIpc) is 3.21. The van der Waals surface area contributed by atoms with Crippen LogP contribution in [0.1, 0.15) is 41.4 Å². The fraction of sp³-hybridized carbons (Fsp3) is 0.200. The second kappa shape index (κ2) is 17.6. The van der Waals surface area contributed by atoms with Crippen molar-refractivity contribution in [1.29, 1.82) is 0 Å². The van der Waals surface area contributed by atoms with Gasteiger partial charge in [0, 0.05) is 55.6 Å². The summed E-state index contributed by atoms with van der Waals surface area (Å²) in [4.78, 5) is 95.4. The highest BCUT2D eigenvalue weighted by Crippen LogP contribution is 2.32. The first kappa shape index (κ1) is 40.5. The van der Waals surface area contributed by atoms with Crippen LogP contribution >= 0.6 is 0 Å². The van der Waals surface area contributed by atoms with Gasteiger partial charge in [-0.1, -0.05) is 0 Å². The number of nitrogens with zero attached hydrogens (tertiary/aromatic N) is 4. The second-order valence-electron chi connectivity index (χ2n) is 11.7. The number of methoxy groups -OCH3 is 1. The van der Waals surface area contributed by atoms with Crippen molar-refractivity contribution in [2.75, 3.05) is 13.7 Å². The number of non-ortho nitro benzene ring substituents is 4. The number of hydrogen-bond donors (Lipinski definition) is 0. The van der Waals surface area contributed by atoms with Gasteiger partial charge in [0.1, 0.15) is 12.7 Å². The molecular formula is C35H26N4O18. The van der Waals surface area contributed by atoms with E-state index in [9.17, 15) is 59.6 Å². The molecule has 5 unspecified atom stereocenters. The lowest BCUT2D eigenvalue weighted by Crippen LogP contribution is -2.63. The van der Waals surface area contributed by atoms with Crippen LogP contribution in [0.4, 0.5) is 22.7 Å². The Morgan fingerprint density at radius 2 is 0.789 bits per heavy atom. The first-order valence-corrected chi connectivity index (χ1v) is 16.1. The van der Waals surface area contributed by atoms with Crippen molar-refractivity contribution in [2.45, 2.75) is 30.7 Å². The molecule has 0 bridgehead atoms. The van der Waals surface area contributed by atoms with Crippen molar-refractivity contribution >= 4 is 46.6 Å². The molecule has 22 nitrogen and oxygen atoms in total. The molecule has 57 heavy (non-hydrogen) atoms. The summed E-state index contributed by atoms with van der Waals surface area (Å²) in [5.74, 6) is -4.56. The molecule has 4 aromatic carbocycles. The number of rotatable bonds is 14. The van der Waals surface area contributed by atoms with Gasteiger partial charge < -0.3 is 28.4 Å². The van der Waals surface area contributed by atoms with Crippen LogP contribution in [0.5, 0.6) is 0 Å². The van der Waals surface area contributed by atoms with Crippen molar-refractivity contribution in [3.63, 3.8) is 0 Å². The van der Waals surface area contributed by atoms with Crippen LogP contribution in [-0.2, 0) is 28.4 Å². The quantitative estimate of drug-likeness (QED) is 0.0733. The normalized spacial score (nSPS) is 18.6. The lowest BCUT2D eigenvalue weighted by Gasteiger charge is -2.44. The predicted octanol–water partition coefficient (Wildman–Crippen LogP) is 4.52. The summed E-state index contributed by atoms with van der Waals surface area (Å²) in [6.45, 7) is -0.789. The molecule has 0 saturated carbocycles. The van der Waals surface area contributed by atoms with E-state index in [0.717, 1.165) is 104 Å². The Balaban J connectivity index is 1.53. The van der Waals surface area contributed by atoms with E-state index >= 15 is 0 Å². The average molecular weight is 791 g/mol. The Bertz CT molecular complexity index is 2190. The van der Waals surface area contributed by atoms with Gasteiger partial charge in [0.2, 0.25) is 0 Å². The van der Waals surface area contributed by atoms with Crippen LogP contribution in [0.2, 0.25) is 0 Å². The topological polar surface area (TPSA) is 296 Å². The second-order valence-corrected chi connectivity index (χ2v) is 11.7. The van der Waals surface area contributed by atoms with Crippen molar-refractivity contribution in [2.24, 2.45) is 0 Å². The van der Waals surface area contributed by atoms with Gasteiger partial charge in [-0.25, -0.2) is 19.2 Å². The van der Waals surface area contributed by atoms with Gasteiger partial charge in [-0.3, -0.25) is 40.5 Å². The molecule has 0 aliphatic carbocycles. The van der Waals surface area contributed by atoms with Crippen LogP contribution in [0.15, 0.2) is 97.1 Å². The van der Waals surface area contributed by atoms with Crippen molar-refractivity contribution in [3.05, 3.63) is 160 Å². The summed E-state index contributed by atoms with van der Waals surface area (Å²) in [6.07, 6.45) is -8.88. The van der Waals surface area contributed by atoms with E-state index in [0.29, 0.717) is 0 Å². The molecule has 0 aromatic heterocycles. The van der Waals surface area contributed by atoms with Crippen molar-refractivity contribution < 1.29 is 67.3 Å². The Morgan fingerprint density at radius 3 is 1.11 bits per heavy atom. The molecule has 1 fully saturated rings. The van der Waals surface area contributed by atoms with Gasteiger partial charge in [0.15, 0.2) is 24.6 Å². The zero-order valence-corrected chi connectivity index (χ0v) is 29.0. The number of ether oxygens (including phenoxy) is 6. The summed E-state index contributed by atoms with van der Waals surface area (Å²) >= 11 is 0. The standard InChI is InChI=1S/C35H26N4O18/c1-52-35-30(57-34(43)22-8-16-26(17-9-22)39(50)51)29(56-33(42)21-6-14-25(15-7-21)38(48)49)28(55-32(41)20-4-12-24(13-5-20)37(46)47)27(54-35)18-53-31(40)19-2-10-23(11-3-19)36(44)45/h2-17,27-30,35H,18H2,1H3. The smallest absolute Gasteiger partial charge is 0.338 e. The largest absolute Gasteiger partial charge is 0.459 e. The van der Waals surface area contributed by atoms with Gasteiger partial charge in [-0.2, -0.15) is 0 Å². The van der Waals surface area contributed by atoms with Gasteiger partial charge >= 0.3 is 23.9 Å². The Kier molecular flexibility index (Phi) is 12.5. The zero-order valence-electron chi connectivity index (χ0n) is 29.0. The molecule has 0 spiro atoms. The highest BCUT2D eigenvalue weighted by atomic mass is 16.7. The molecule has 1 aliphatic rings. The van der Waals surface area contributed by atoms with Crippen molar-refractivity contribution in [1.82, 2.24) is 0 Å². The van der Waals surface area contributed by atoms with Crippen LogP contribution in [0, 0.1) is 40.5 Å². The molecule has 5 rings (SSSR count). The first-order valence-electron chi connectivity index (χ1n) is 16.1. The molecular weight excluding hydrogens is 764 g/mol. The van der Waals surface area contributed by atoms with Gasteiger partial charge in [0.05, 0.1) is 41.9 Å². The molecule has 1 aliphatic heterocycles. The summed E-state index contributed by atoms with van der Waals surface area (Å²) < 4.78 is 33.9. The third kappa shape index (κ3) is 9.69. The van der Waals surface area contributed by atoms with Crippen LogP contribution < -0.4 is 0 Å². The SMILES string of the molecule is COC1OC(COC(=O)c2ccc([N+](=O)[O-])cc2)C(OC(=O)c2ccc([N+](=O)[O-])cc2)C(OC(=O)c2ccc([N+](=O)[O-])cc2)C1OC(=O)c1ccc([N+](=O)[O-])cc1. The van der Waals surface area contributed by atoms with Crippen LogP contribution in [0.3, 0.4) is 0 Å². The Morgan fingerprint density at radius 1 is 0.491 bits per heavy atom. The number of hydrogen-bond acceptors (Lipinski definition) is 18. The van der Waals surface area contributed by atoms with E-state index in [-0.39, 0.29) is 45.0 Å². The maximum atomic E-state index is 13.6. The van der Waals surface area contributed by atoms with E-state index in [1.807, 2.05) is 0 Å². The zero-order chi connectivity index (χ0) is 41.4. The Hall–Kier alpha value is -7.72. The minimum Gasteiger partial charge on any atom is -0.459 e. The maximum Gasteiger partial charge on any atom is 0.338 e. The maximum absolute atomic E-state index is 13.6. The lowest BCUT2D eigenvalue weighted by atomic mass is 9.97. The van der Waals surface area contributed by atoms with E-state index < -0.39 is 80.9 Å². The summed E-state index contributed by atoms with van der Waals surface area (Å²) in [5.41, 5.74) is -2.32. The highest BCUT2D eigenvalue weighted by Gasteiger charge is 2.53. The minimum absolute atomic E-state index is 0.143. The highest BCUT2D eigenvalue weighted by molar-refractivity contribution is 5.92. The molecule has 4 aromatic rings. The number of esters is 4. The van der Waals surface area contributed by atoms with Gasteiger partial charge in [-0.05, 0) is 48.5 Å². The van der Waals surface area contributed by atoms with E-state index in [2.05, 4.69) is 0 Å². The fourth-order valence-corrected chi connectivity index (χ4v) is 5.30. The molecule has 0 radical (unpaired) electrons. The Labute approximate surface area is 318 Å². The van der Waals surface area contributed by atoms with E-state index in [1.54, 1.807) is 0 Å². The summed E-state index contributed by atoms with van der Waals surface area (Å²) in [6, 6.07) is 16.6. The van der Waals surface area contributed by atoms with Crippen LogP contribution in [-0.4, -0.2) is 88.0 Å². The fourth-order valence-electron chi connectivity index (χ4n) is 5.30. The number of nitro groups is 4. The monoisotopic (exact) mass is 790 g/mol. The van der Waals surface area contributed by atoms with E-state index in [1.165, 1.54) is 0 Å². The lowest BCUT2D eigenvalue weighted by molar-refractivity contribution is -0.385. The third-order valence-corrected chi connectivity index (χ3v) is 8.19. The molecule has 1 saturated heterocycles. The summed E-state index contributed by atoms with van der Waals surface area (Å²) in [5, 5.41) is 44.6. The number of benzene rings is 4. The molecule has 1 heterocycles. The van der Waals surface area contributed by atoms with Gasteiger partial charge in [0.25, 0.3) is 22.7 Å². The third-order valence-electron chi connectivity index (χ3n) is 8.19. The number of nitro benzene ring substituents is 4. The van der Waals surface area contributed by atoms with Gasteiger partial charge in [-0.15, -0.1) is 0 Å².